The quantitative estimate of drug-likeness (QED) is 0.741. The van der Waals surface area contributed by atoms with E-state index in [-0.39, 0.29) is 18.1 Å². The van der Waals surface area contributed by atoms with Crippen molar-refractivity contribution in [3.63, 3.8) is 0 Å². The number of methoxy groups -OCH3 is 2. The Kier molecular flexibility index (Phi) is 5.41. The molecule has 1 amide bonds. The summed E-state index contributed by atoms with van der Waals surface area (Å²) in [6, 6.07) is 5.06. The summed E-state index contributed by atoms with van der Waals surface area (Å²) in [5.41, 5.74) is -0.652. The lowest BCUT2D eigenvalue weighted by Crippen LogP contribution is -2.65. The number of piperidine rings is 1. The second-order valence-corrected chi connectivity index (χ2v) is 7.37. The van der Waals surface area contributed by atoms with E-state index in [9.17, 15) is 9.90 Å². The van der Waals surface area contributed by atoms with E-state index in [0.717, 1.165) is 25.9 Å². The Balaban J connectivity index is 1.80. The Labute approximate surface area is 154 Å². The molecule has 3 rings (SSSR count). The van der Waals surface area contributed by atoms with Crippen molar-refractivity contribution in [2.45, 2.75) is 43.4 Å². The van der Waals surface area contributed by atoms with Gasteiger partial charge >= 0.3 is 0 Å². The van der Waals surface area contributed by atoms with Gasteiger partial charge < -0.3 is 30.0 Å². The molecule has 0 unspecified atom stereocenters. The second kappa shape index (κ2) is 7.42. The van der Waals surface area contributed by atoms with Crippen LogP contribution in [0.1, 0.15) is 36.5 Å². The molecular weight excluding hydrogens is 336 g/mol. The number of carbonyl (C=O) groups excluding carboxylic acids is 1. The molecule has 1 aromatic rings. The van der Waals surface area contributed by atoms with Gasteiger partial charge in [0.05, 0.1) is 37.5 Å². The number of hydrogen-bond donors (Lipinski definition) is 3. The molecule has 2 aliphatic rings. The first kappa shape index (κ1) is 18.9. The van der Waals surface area contributed by atoms with Crippen molar-refractivity contribution in [2.75, 3.05) is 33.9 Å². The first-order valence-electron chi connectivity index (χ1n) is 8.99. The third-order valence-electron chi connectivity index (χ3n) is 5.54. The van der Waals surface area contributed by atoms with Crippen LogP contribution in [0.5, 0.6) is 11.5 Å². The van der Waals surface area contributed by atoms with Crippen LogP contribution < -0.4 is 20.1 Å². The molecule has 0 saturated carbocycles. The van der Waals surface area contributed by atoms with Crippen molar-refractivity contribution >= 4 is 5.91 Å². The molecule has 1 spiro atoms. The van der Waals surface area contributed by atoms with Gasteiger partial charge in [0.15, 0.2) is 0 Å². The molecule has 3 N–H and O–H groups in total. The van der Waals surface area contributed by atoms with E-state index in [4.69, 9.17) is 14.2 Å². The van der Waals surface area contributed by atoms with Gasteiger partial charge in [-0.25, -0.2) is 0 Å². The summed E-state index contributed by atoms with van der Waals surface area (Å²) < 4.78 is 16.5. The fraction of sp³-hybridized carbons (Fsp3) is 0.632. The summed E-state index contributed by atoms with van der Waals surface area (Å²) in [7, 11) is 3.08. The van der Waals surface area contributed by atoms with Crippen LogP contribution in [0.25, 0.3) is 0 Å². The Bertz CT molecular complexity index is 659. The fourth-order valence-electron chi connectivity index (χ4n) is 3.92. The van der Waals surface area contributed by atoms with Gasteiger partial charge in [0.1, 0.15) is 17.6 Å². The minimum Gasteiger partial charge on any atom is -0.497 e. The van der Waals surface area contributed by atoms with Gasteiger partial charge in [-0.1, -0.05) is 0 Å². The first-order chi connectivity index (χ1) is 12.4. The lowest BCUT2D eigenvalue weighted by Gasteiger charge is -2.50. The Hall–Kier alpha value is -1.83. The summed E-state index contributed by atoms with van der Waals surface area (Å²) >= 11 is 0. The molecule has 0 bridgehead atoms. The molecular formula is C19H28N2O5. The van der Waals surface area contributed by atoms with Gasteiger partial charge in [0.25, 0.3) is 5.91 Å². The van der Waals surface area contributed by atoms with Gasteiger partial charge in [-0.15, -0.1) is 0 Å². The number of amides is 1. The summed E-state index contributed by atoms with van der Waals surface area (Å²) in [5.74, 6) is 0.769. The van der Waals surface area contributed by atoms with Crippen LogP contribution in [0.4, 0.5) is 0 Å². The van der Waals surface area contributed by atoms with E-state index in [0.29, 0.717) is 23.5 Å². The summed E-state index contributed by atoms with van der Waals surface area (Å²) in [6.07, 6.45) is 1.55. The predicted octanol–water partition coefficient (Wildman–Crippen LogP) is 1.10. The number of aliphatic hydroxyl groups excluding tert-OH is 1. The molecule has 144 valence electrons. The van der Waals surface area contributed by atoms with Crippen molar-refractivity contribution in [3.05, 3.63) is 23.8 Å². The molecule has 1 aromatic carbocycles. The maximum absolute atomic E-state index is 12.9. The third-order valence-corrected chi connectivity index (χ3v) is 5.54. The van der Waals surface area contributed by atoms with Crippen LogP contribution in [-0.2, 0) is 4.74 Å². The van der Waals surface area contributed by atoms with Crippen molar-refractivity contribution in [1.82, 2.24) is 10.6 Å². The van der Waals surface area contributed by atoms with Crippen LogP contribution in [-0.4, -0.2) is 62.2 Å². The normalized spacial score (nSPS) is 27.8. The highest BCUT2D eigenvalue weighted by Gasteiger charge is 2.49. The van der Waals surface area contributed by atoms with Crippen LogP contribution in [0.2, 0.25) is 0 Å². The molecule has 2 fully saturated rings. The number of ether oxygens (including phenoxy) is 3. The number of rotatable bonds is 4. The van der Waals surface area contributed by atoms with E-state index in [1.807, 2.05) is 6.92 Å². The maximum Gasteiger partial charge on any atom is 0.255 e. The predicted molar refractivity (Wildman–Crippen MR) is 96.8 cm³/mol. The van der Waals surface area contributed by atoms with Crippen LogP contribution in [0, 0.1) is 0 Å². The van der Waals surface area contributed by atoms with Crippen molar-refractivity contribution < 1.29 is 24.1 Å². The SMILES string of the molecule is COc1ccc(C(=O)N[C@@]2(C)CC3(CCNCC3)OC[C@@H]2O)c(OC)c1. The first-order valence-corrected chi connectivity index (χ1v) is 8.99. The Morgan fingerprint density at radius 2 is 2.04 bits per heavy atom. The number of nitrogens with one attached hydrogen (secondary N) is 2. The molecule has 7 nitrogen and oxygen atoms in total. The lowest BCUT2D eigenvalue weighted by molar-refractivity contribution is -0.169. The Morgan fingerprint density at radius 1 is 1.31 bits per heavy atom. The zero-order valence-corrected chi connectivity index (χ0v) is 15.6. The maximum atomic E-state index is 12.9. The molecule has 0 aliphatic carbocycles. The van der Waals surface area contributed by atoms with Crippen LogP contribution >= 0.6 is 0 Å². The summed E-state index contributed by atoms with van der Waals surface area (Å²) in [4.78, 5) is 12.9. The molecule has 0 aromatic heterocycles. The molecule has 0 radical (unpaired) electrons. The monoisotopic (exact) mass is 364 g/mol. The standard InChI is InChI=1S/C19H28N2O5/c1-18(12-19(26-11-16(18)22)6-8-20-9-7-19)21-17(23)14-5-4-13(24-2)10-15(14)25-3/h4-5,10,16,20,22H,6-9,11-12H2,1-3H3,(H,21,23)/t16-,18-/m0/s1. The summed E-state index contributed by atoms with van der Waals surface area (Å²) in [6.45, 7) is 3.87. The van der Waals surface area contributed by atoms with Gasteiger partial charge in [-0.2, -0.15) is 0 Å². The second-order valence-electron chi connectivity index (χ2n) is 7.37. The highest BCUT2D eigenvalue weighted by Crippen LogP contribution is 2.38. The van der Waals surface area contributed by atoms with Gasteiger partial charge in [0, 0.05) is 12.5 Å². The van der Waals surface area contributed by atoms with E-state index in [1.54, 1.807) is 25.3 Å². The van der Waals surface area contributed by atoms with E-state index >= 15 is 0 Å². The largest absolute Gasteiger partial charge is 0.497 e. The van der Waals surface area contributed by atoms with Crippen molar-refractivity contribution in [3.8, 4) is 11.5 Å². The van der Waals surface area contributed by atoms with E-state index in [2.05, 4.69) is 10.6 Å². The zero-order chi connectivity index (χ0) is 18.8. The van der Waals surface area contributed by atoms with Gasteiger partial charge in [-0.05, 0) is 45.0 Å². The molecule has 26 heavy (non-hydrogen) atoms. The fourth-order valence-corrected chi connectivity index (χ4v) is 3.92. The van der Waals surface area contributed by atoms with E-state index in [1.165, 1.54) is 7.11 Å². The number of benzene rings is 1. The Morgan fingerprint density at radius 3 is 2.69 bits per heavy atom. The van der Waals surface area contributed by atoms with E-state index < -0.39 is 11.6 Å². The zero-order valence-electron chi connectivity index (χ0n) is 15.6. The van der Waals surface area contributed by atoms with Gasteiger partial charge in [0.2, 0.25) is 0 Å². The van der Waals surface area contributed by atoms with Crippen molar-refractivity contribution in [1.29, 1.82) is 0 Å². The summed E-state index contributed by atoms with van der Waals surface area (Å²) in [5, 5.41) is 16.9. The van der Waals surface area contributed by atoms with Crippen LogP contribution in [0.3, 0.4) is 0 Å². The highest BCUT2D eigenvalue weighted by molar-refractivity contribution is 5.97. The topological polar surface area (TPSA) is 89.1 Å². The third kappa shape index (κ3) is 3.65. The molecule has 2 saturated heterocycles. The number of carbonyl (C=O) groups is 1. The molecule has 2 heterocycles. The van der Waals surface area contributed by atoms with Crippen molar-refractivity contribution in [2.24, 2.45) is 0 Å². The molecule has 7 heteroatoms. The van der Waals surface area contributed by atoms with Crippen LogP contribution in [0.15, 0.2) is 18.2 Å². The minimum atomic E-state index is -0.767. The molecule has 2 atom stereocenters. The minimum absolute atomic E-state index is 0.219. The highest BCUT2D eigenvalue weighted by atomic mass is 16.5. The average molecular weight is 364 g/mol. The average Bonchev–Trinajstić information content (AvgIpc) is 2.65. The van der Waals surface area contributed by atoms with Gasteiger partial charge in [-0.3, -0.25) is 4.79 Å². The number of aliphatic hydroxyl groups is 1. The number of hydrogen-bond acceptors (Lipinski definition) is 6. The molecule has 2 aliphatic heterocycles. The smallest absolute Gasteiger partial charge is 0.255 e. The lowest BCUT2D eigenvalue weighted by atomic mass is 9.75.